The van der Waals surface area contributed by atoms with Crippen LogP contribution in [0.4, 0.5) is 11.4 Å². The Morgan fingerprint density at radius 2 is 1.87 bits per heavy atom. The van der Waals surface area contributed by atoms with Crippen molar-refractivity contribution in [3.8, 4) is 0 Å². The van der Waals surface area contributed by atoms with Gasteiger partial charge in [0.15, 0.2) is 0 Å². The Bertz CT molecular complexity index is 688. The molecular formula is C19H23N3O. The maximum absolute atomic E-state index is 12.4. The molecule has 4 heteroatoms. The highest BCUT2D eigenvalue weighted by Crippen LogP contribution is 2.20. The zero-order valence-corrected chi connectivity index (χ0v) is 13.8. The summed E-state index contributed by atoms with van der Waals surface area (Å²) in [4.78, 5) is 19.0. The van der Waals surface area contributed by atoms with Crippen molar-refractivity contribution < 1.29 is 4.79 Å². The predicted octanol–water partition coefficient (Wildman–Crippen LogP) is 3.94. The number of hydrogen-bond acceptors (Lipinski definition) is 3. The summed E-state index contributed by atoms with van der Waals surface area (Å²) < 4.78 is 0. The molecule has 1 aromatic heterocycles. The molecule has 1 saturated heterocycles. The molecule has 1 fully saturated rings. The first kappa shape index (κ1) is 15.5. The zero-order chi connectivity index (χ0) is 16.2. The number of carbonyl (C=O) groups is 1. The number of benzene rings is 1. The maximum Gasteiger partial charge on any atom is 0.274 e. The van der Waals surface area contributed by atoms with E-state index in [1.165, 1.54) is 24.8 Å². The van der Waals surface area contributed by atoms with Crippen molar-refractivity contribution in [1.82, 2.24) is 4.98 Å². The third-order valence-electron chi connectivity index (χ3n) is 4.33. The number of aryl methyl sites for hydroxylation is 2. The molecule has 2 heterocycles. The van der Waals surface area contributed by atoms with Crippen molar-refractivity contribution in [1.29, 1.82) is 0 Å². The van der Waals surface area contributed by atoms with E-state index in [9.17, 15) is 4.79 Å². The first-order valence-corrected chi connectivity index (χ1v) is 8.23. The largest absolute Gasteiger partial charge is 0.370 e. The van der Waals surface area contributed by atoms with Crippen LogP contribution in [0, 0.1) is 13.8 Å². The number of piperidine rings is 1. The van der Waals surface area contributed by atoms with Crippen molar-refractivity contribution in [2.75, 3.05) is 23.3 Å². The van der Waals surface area contributed by atoms with Crippen LogP contribution >= 0.6 is 0 Å². The monoisotopic (exact) mass is 309 g/mol. The average Bonchev–Trinajstić information content (AvgIpc) is 2.58. The summed E-state index contributed by atoms with van der Waals surface area (Å²) in [5.41, 5.74) is 4.63. The fourth-order valence-corrected chi connectivity index (χ4v) is 3.00. The molecule has 0 saturated carbocycles. The maximum atomic E-state index is 12.4. The first-order valence-electron chi connectivity index (χ1n) is 8.23. The summed E-state index contributed by atoms with van der Waals surface area (Å²) in [6.07, 6.45) is 5.58. The highest BCUT2D eigenvalue weighted by atomic mass is 16.1. The first-order chi connectivity index (χ1) is 11.1. The van der Waals surface area contributed by atoms with Gasteiger partial charge in [-0.2, -0.15) is 0 Å². The lowest BCUT2D eigenvalue weighted by Gasteiger charge is -2.28. The van der Waals surface area contributed by atoms with Gasteiger partial charge < -0.3 is 10.2 Å². The molecule has 0 atom stereocenters. The second-order valence-corrected chi connectivity index (χ2v) is 6.22. The summed E-state index contributed by atoms with van der Waals surface area (Å²) in [6, 6.07) is 9.79. The van der Waals surface area contributed by atoms with Gasteiger partial charge in [0.25, 0.3) is 5.91 Å². The normalized spacial score (nSPS) is 14.6. The van der Waals surface area contributed by atoms with Gasteiger partial charge in [0.1, 0.15) is 5.69 Å². The van der Waals surface area contributed by atoms with Crippen LogP contribution in [0.25, 0.3) is 0 Å². The second-order valence-electron chi connectivity index (χ2n) is 6.22. The molecule has 23 heavy (non-hydrogen) atoms. The zero-order valence-electron chi connectivity index (χ0n) is 13.8. The van der Waals surface area contributed by atoms with Gasteiger partial charge >= 0.3 is 0 Å². The van der Waals surface area contributed by atoms with Crippen molar-refractivity contribution in [3.05, 3.63) is 53.3 Å². The van der Waals surface area contributed by atoms with E-state index >= 15 is 0 Å². The molecule has 1 aromatic carbocycles. The highest BCUT2D eigenvalue weighted by Gasteiger charge is 2.13. The van der Waals surface area contributed by atoms with Gasteiger partial charge in [0.2, 0.25) is 0 Å². The Kier molecular flexibility index (Phi) is 4.60. The van der Waals surface area contributed by atoms with Crippen molar-refractivity contribution in [3.63, 3.8) is 0 Å². The van der Waals surface area contributed by atoms with Crippen LogP contribution in [-0.2, 0) is 0 Å². The summed E-state index contributed by atoms with van der Waals surface area (Å²) in [5, 5.41) is 2.94. The number of nitrogens with one attached hydrogen (secondary N) is 1. The number of pyridine rings is 1. The van der Waals surface area contributed by atoms with Gasteiger partial charge in [0, 0.05) is 18.8 Å². The Morgan fingerprint density at radius 3 is 2.52 bits per heavy atom. The quantitative estimate of drug-likeness (QED) is 0.934. The molecule has 0 unspecified atom stereocenters. The molecule has 1 N–H and O–H groups in total. The fourth-order valence-electron chi connectivity index (χ4n) is 3.00. The lowest BCUT2D eigenvalue weighted by Crippen LogP contribution is -2.29. The number of aromatic nitrogens is 1. The van der Waals surface area contributed by atoms with Crippen molar-refractivity contribution in [2.24, 2.45) is 0 Å². The van der Waals surface area contributed by atoms with Crippen LogP contribution in [0.15, 0.2) is 36.5 Å². The molecule has 0 spiro atoms. The van der Waals surface area contributed by atoms with Gasteiger partial charge in [-0.15, -0.1) is 0 Å². The van der Waals surface area contributed by atoms with E-state index in [2.05, 4.69) is 21.3 Å². The van der Waals surface area contributed by atoms with Crippen LogP contribution in [-0.4, -0.2) is 24.0 Å². The lowest BCUT2D eigenvalue weighted by molar-refractivity contribution is 0.102. The summed E-state index contributed by atoms with van der Waals surface area (Å²) in [5.74, 6) is -0.165. The molecule has 3 rings (SSSR count). The van der Waals surface area contributed by atoms with Crippen LogP contribution in [0.1, 0.15) is 40.9 Å². The van der Waals surface area contributed by atoms with Gasteiger partial charge in [-0.25, -0.2) is 4.98 Å². The molecule has 0 aliphatic carbocycles. The number of anilines is 2. The summed E-state index contributed by atoms with van der Waals surface area (Å²) in [6.45, 7) is 6.19. The average molecular weight is 309 g/mol. The van der Waals surface area contributed by atoms with E-state index in [1.807, 2.05) is 44.3 Å². The Labute approximate surface area is 137 Å². The van der Waals surface area contributed by atoms with E-state index in [0.717, 1.165) is 30.0 Å². The summed E-state index contributed by atoms with van der Waals surface area (Å²) >= 11 is 0. The predicted molar refractivity (Wildman–Crippen MR) is 94.2 cm³/mol. The van der Waals surface area contributed by atoms with E-state index < -0.39 is 0 Å². The number of nitrogens with zero attached hydrogens (tertiary/aromatic N) is 2. The third kappa shape index (κ3) is 3.70. The number of carbonyl (C=O) groups excluding carboxylic acids is 1. The molecular weight excluding hydrogens is 286 g/mol. The SMILES string of the molecule is Cc1ccc(NC(=O)c2ccc(N3CCCCC3)cn2)c(C)c1. The van der Waals surface area contributed by atoms with E-state index in [0.29, 0.717) is 5.69 Å². The highest BCUT2D eigenvalue weighted by molar-refractivity contribution is 6.03. The van der Waals surface area contributed by atoms with Gasteiger partial charge in [-0.1, -0.05) is 17.7 Å². The molecule has 0 bridgehead atoms. The standard InChI is InChI=1S/C19H23N3O/c1-14-6-8-17(15(2)12-14)21-19(23)18-9-7-16(13-20-18)22-10-4-3-5-11-22/h6-9,12-13H,3-5,10-11H2,1-2H3,(H,21,23). The molecule has 0 radical (unpaired) electrons. The van der Waals surface area contributed by atoms with Crippen molar-refractivity contribution >= 4 is 17.3 Å². The summed E-state index contributed by atoms with van der Waals surface area (Å²) in [7, 11) is 0. The smallest absolute Gasteiger partial charge is 0.274 e. The van der Waals surface area contributed by atoms with Crippen molar-refractivity contribution in [2.45, 2.75) is 33.1 Å². The van der Waals surface area contributed by atoms with E-state index in [4.69, 9.17) is 0 Å². The Balaban J connectivity index is 1.69. The van der Waals surface area contributed by atoms with E-state index in [-0.39, 0.29) is 5.91 Å². The molecule has 2 aromatic rings. The molecule has 1 aliphatic heterocycles. The second kappa shape index (κ2) is 6.82. The number of rotatable bonds is 3. The van der Waals surface area contributed by atoms with Crippen LogP contribution in [0.2, 0.25) is 0 Å². The minimum atomic E-state index is -0.165. The molecule has 4 nitrogen and oxygen atoms in total. The third-order valence-corrected chi connectivity index (χ3v) is 4.33. The van der Waals surface area contributed by atoms with Crippen LogP contribution < -0.4 is 10.2 Å². The van der Waals surface area contributed by atoms with Gasteiger partial charge in [0.05, 0.1) is 11.9 Å². The van der Waals surface area contributed by atoms with Gasteiger partial charge in [-0.05, 0) is 56.9 Å². The lowest BCUT2D eigenvalue weighted by atomic mass is 10.1. The molecule has 1 amide bonds. The van der Waals surface area contributed by atoms with Gasteiger partial charge in [-0.3, -0.25) is 4.79 Å². The number of amides is 1. The minimum absolute atomic E-state index is 0.165. The minimum Gasteiger partial charge on any atom is -0.370 e. The topological polar surface area (TPSA) is 45.2 Å². The van der Waals surface area contributed by atoms with Crippen LogP contribution in [0.3, 0.4) is 0 Å². The molecule has 120 valence electrons. The van der Waals surface area contributed by atoms with E-state index in [1.54, 1.807) is 0 Å². The molecule has 1 aliphatic rings. The number of hydrogen-bond donors (Lipinski definition) is 1. The Morgan fingerprint density at radius 1 is 1.09 bits per heavy atom. The van der Waals surface area contributed by atoms with Crippen LogP contribution in [0.5, 0.6) is 0 Å². The fraction of sp³-hybridized carbons (Fsp3) is 0.368. The Hall–Kier alpha value is -2.36.